The van der Waals surface area contributed by atoms with Gasteiger partial charge in [0.05, 0.1) is 0 Å². The lowest BCUT2D eigenvalue weighted by molar-refractivity contribution is 0.687. The zero-order valence-corrected chi connectivity index (χ0v) is 15.5. The molecule has 6 heteroatoms. The van der Waals surface area contributed by atoms with E-state index in [1.165, 1.54) is 4.88 Å². The van der Waals surface area contributed by atoms with Crippen LogP contribution < -0.4 is 0 Å². The van der Waals surface area contributed by atoms with Crippen molar-refractivity contribution in [3.05, 3.63) is 51.2 Å². The van der Waals surface area contributed by atoms with Gasteiger partial charge in [0.15, 0.2) is 11.0 Å². The second kappa shape index (κ2) is 7.51. The second-order valence-electron chi connectivity index (χ2n) is 5.09. The SMILES string of the molecule is CCc1cc(-c2nnc(SCc3ccccc3Cl)n2CC)cs1. The van der Waals surface area contributed by atoms with Crippen LogP contribution in [0.1, 0.15) is 24.3 Å². The largest absolute Gasteiger partial charge is 0.302 e. The summed E-state index contributed by atoms with van der Waals surface area (Å²) in [4.78, 5) is 1.37. The van der Waals surface area contributed by atoms with E-state index in [-0.39, 0.29) is 0 Å². The molecule has 0 radical (unpaired) electrons. The summed E-state index contributed by atoms with van der Waals surface area (Å²) < 4.78 is 2.17. The van der Waals surface area contributed by atoms with E-state index in [1.807, 2.05) is 18.2 Å². The van der Waals surface area contributed by atoms with Crippen molar-refractivity contribution in [2.45, 2.75) is 37.7 Å². The fourth-order valence-corrected chi connectivity index (χ4v) is 4.44. The highest BCUT2D eigenvalue weighted by Crippen LogP contribution is 2.30. The molecule has 1 aromatic carbocycles. The molecule has 0 bridgehead atoms. The van der Waals surface area contributed by atoms with Crippen molar-refractivity contribution >= 4 is 34.7 Å². The van der Waals surface area contributed by atoms with Crippen LogP contribution in [0.5, 0.6) is 0 Å². The molecule has 120 valence electrons. The molecule has 0 aliphatic heterocycles. The summed E-state index contributed by atoms with van der Waals surface area (Å²) in [5.41, 5.74) is 2.28. The monoisotopic (exact) mass is 363 g/mol. The van der Waals surface area contributed by atoms with Crippen molar-refractivity contribution in [2.24, 2.45) is 0 Å². The third kappa shape index (κ3) is 3.62. The Bertz CT molecular complexity index is 795. The highest BCUT2D eigenvalue weighted by atomic mass is 35.5. The van der Waals surface area contributed by atoms with Crippen molar-refractivity contribution in [3.63, 3.8) is 0 Å². The Kier molecular flexibility index (Phi) is 5.41. The van der Waals surface area contributed by atoms with Crippen LogP contribution in [0, 0.1) is 0 Å². The molecule has 23 heavy (non-hydrogen) atoms. The van der Waals surface area contributed by atoms with Crippen LogP contribution in [-0.4, -0.2) is 14.8 Å². The Morgan fingerprint density at radius 2 is 2.04 bits per heavy atom. The Hall–Kier alpha value is -1.30. The van der Waals surface area contributed by atoms with Gasteiger partial charge < -0.3 is 4.57 Å². The van der Waals surface area contributed by atoms with Crippen molar-refractivity contribution in [1.29, 1.82) is 0 Å². The van der Waals surface area contributed by atoms with Gasteiger partial charge in [-0.2, -0.15) is 0 Å². The molecule has 2 heterocycles. The number of aryl methyl sites for hydroxylation is 1. The topological polar surface area (TPSA) is 30.7 Å². The number of nitrogens with zero attached hydrogens (tertiary/aromatic N) is 3. The maximum Gasteiger partial charge on any atom is 0.191 e. The van der Waals surface area contributed by atoms with E-state index in [0.29, 0.717) is 0 Å². The first-order valence-electron chi connectivity index (χ1n) is 7.60. The van der Waals surface area contributed by atoms with E-state index >= 15 is 0 Å². The molecule has 0 N–H and O–H groups in total. The predicted octanol–water partition coefficient (Wildman–Crippen LogP) is 5.53. The fraction of sp³-hybridized carbons (Fsp3) is 0.294. The van der Waals surface area contributed by atoms with Crippen LogP contribution in [-0.2, 0) is 18.7 Å². The van der Waals surface area contributed by atoms with Gasteiger partial charge in [-0.3, -0.25) is 0 Å². The Morgan fingerprint density at radius 3 is 2.74 bits per heavy atom. The summed E-state index contributed by atoms with van der Waals surface area (Å²) in [6.07, 6.45) is 1.05. The summed E-state index contributed by atoms with van der Waals surface area (Å²) in [6, 6.07) is 10.1. The van der Waals surface area contributed by atoms with Gasteiger partial charge in [0.25, 0.3) is 0 Å². The van der Waals surface area contributed by atoms with Crippen LogP contribution >= 0.6 is 34.7 Å². The number of benzene rings is 1. The zero-order chi connectivity index (χ0) is 16.2. The molecule has 0 fully saturated rings. The number of rotatable bonds is 6. The number of hydrogen-bond acceptors (Lipinski definition) is 4. The molecule has 3 nitrogen and oxygen atoms in total. The van der Waals surface area contributed by atoms with Crippen LogP contribution in [0.4, 0.5) is 0 Å². The Balaban J connectivity index is 1.82. The zero-order valence-electron chi connectivity index (χ0n) is 13.1. The van der Waals surface area contributed by atoms with Crippen molar-refractivity contribution in [2.75, 3.05) is 0 Å². The van der Waals surface area contributed by atoms with Gasteiger partial charge >= 0.3 is 0 Å². The number of thiophene rings is 1. The first-order chi connectivity index (χ1) is 11.2. The highest BCUT2D eigenvalue weighted by molar-refractivity contribution is 7.98. The van der Waals surface area contributed by atoms with Gasteiger partial charge in [0.1, 0.15) is 0 Å². The van der Waals surface area contributed by atoms with E-state index in [2.05, 4.69) is 46.1 Å². The minimum absolute atomic E-state index is 0.793. The Labute approximate surface area is 149 Å². The fourth-order valence-electron chi connectivity index (χ4n) is 2.34. The molecule has 0 aliphatic carbocycles. The molecule has 0 saturated carbocycles. The lowest BCUT2D eigenvalue weighted by Gasteiger charge is -2.07. The number of hydrogen-bond donors (Lipinski definition) is 0. The summed E-state index contributed by atoms with van der Waals surface area (Å²) in [5.74, 6) is 1.74. The molecular formula is C17H18ClN3S2. The predicted molar refractivity (Wildman–Crippen MR) is 99.4 cm³/mol. The lowest BCUT2D eigenvalue weighted by atomic mass is 10.2. The molecule has 0 atom stereocenters. The average Bonchev–Trinajstić information content (AvgIpc) is 3.20. The van der Waals surface area contributed by atoms with E-state index in [4.69, 9.17) is 11.6 Å². The molecule has 2 aromatic heterocycles. The van der Waals surface area contributed by atoms with E-state index < -0.39 is 0 Å². The van der Waals surface area contributed by atoms with Gasteiger partial charge in [-0.1, -0.05) is 48.5 Å². The average molecular weight is 364 g/mol. The first kappa shape index (κ1) is 16.6. The normalized spacial score (nSPS) is 11.1. The summed E-state index contributed by atoms with van der Waals surface area (Å²) in [7, 11) is 0. The van der Waals surface area contributed by atoms with Gasteiger partial charge in [-0.05, 0) is 31.0 Å². The lowest BCUT2D eigenvalue weighted by Crippen LogP contribution is -1.99. The van der Waals surface area contributed by atoms with Crippen molar-refractivity contribution in [3.8, 4) is 11.4 Å². The smallest absolute Gasteiger partial charge is 0.191 e. The molecule has 0 unspecified atom stereocenters. The van der Waals surface area contributed by atoms with Crippen LogP contribution in [0.3, 0.4) is 0 Å². The minimum Gasteiger partial charge on any atom is -0.302 e. The van der Waals surface area contributed by atoms with E-state index in [9.17, 15) is 0 Å². The van der Waals surface area contributed by atoms with Gasteiger partial charge in [-0.25, -0.2) is 0 Å². The molecule has 3 rings (SSSR count). The summed E-state index contributed by atoms with van der Waals surface area (Å²) in [6.45, 7) is 5.15. The number of thioether (sulfide) groups is 1. The Morgan fingerprint density at radius 1 is 1.22 bits per heavy atom. The summed E-state index contributed by atoms with van der Waals surface area (Å²) >= 11 is 9.68. The maximum atomic E-state index is 6.23. The highest BCUT2D eigenvalue weighted by Gasteiger charge is 2.15. The van der Waals surface area contributed by atoms with E-state index in [1.54, 1.807) is 23.1 Å². The molecule has 3 aromatic rings. The molecule has 0 amide bonds. The molecule has 0 saturated heterocycles. The van der Waals surface area contributed by atoms with Gasteiger partial charge in [0.2, 0.25) is 0 Å². The quantitative estimate of drug-likeness (QED) is 0.539. The maximum absolute atomic E-state index is 6.23. The van der Waals surface area contributed by atoms with Gasteiger partial charge in [-0.15, -0.1) is 21.5 Å². The molecule has 0 spiro atoms. The number of halogens is 1. The standard InChI is InChI=1S/C17H18ClN3S2/c1-3-14-9-13(11-22-14)16-19-20-17(21(16)4-2)23-10-12-7-5-6-8-15(12)18/h5-9,11H,3-4,10H2,1-2H3. The molecule has 0 aliphatic rings. The van der Waals surface area contributed by atoms with Crippen LogP contribution in [0.2, 0.25) is 5.02 Å². The van der Waals surface area contributed by atoms with Crippen LogP contribution in [0.25, 0.3) is 11.4 Å². The third-order valence-electron chi connectivity index (χ3n) is 3.61. The minimum atomic E-state index is 0.793. The second-order valence-corrected chi connectivity index (χ2v) is 7.43. The van der Waals surface area contributed by atoms with Gasteiger partial charge in [0, 0.05) is 33.1 Å². The summed E-state index contributed by atoms with van der Waals surface area (Å²) in [5, 5.41) is 12.7. The first-order valence-corrected chi connectivity index (χ1v) is 9.84. The van der Waals surface area contributed by atoms with Crippen molar-refractivity contribution in [1.82, 2.24) is 14.8 Å². The molecular weight excluding hydrogens is 346 g/mol. The number of aromatic nitrogens is 3. The van der Waals surface area contributed by atoms with Crippen LogP contribution in [0.15, 0.2) is 40.9 Å². The van der Waals surface area contributed by atoms with Crippen molar-refractivity contribution < 1.29 is 0 Å². The van der Waals surface area contributed by atoms with E-state index in [0.717, 1.165) is 45.8 Å². The third-order valence-corrected chi connectivity index (χ3v) is 6.07.